The standard InChI is InChI=1S/C17H15FN2O/c1-12-10-21-16-9-5-2-6-13(16)17(12,11-19)20-15-8-4-3-7-14(15)18/h2-9,12,20H,10H2,1H3. The molecule has 0 bridgehead atoms. The molecule has 0 aliphatic carbocycles. The summed E-state index contributed by atoms with van der Waals surface area (Å²) in [5.74, 6) is 0.182. The number of nitrogens with one attached hydrogen (secondary N) is 1. The summed E-state index contributed by atoms with van der Waals surface area (Å²) in [4.78, 5) is 0. The van der Waals surface area contributed by atoms with E-state index < -0.39 is 5.54 Å². The fourth-order valence-electron chi connectivity index (χ4n) is 2.69. The van der Waals surface area contributed by atoms with Crippen LogP contribution in [0.1, 0.15) is 12.5 Å². The lowest BCUT2D eigenvalue weighted by atomic mass is 9.78. The molecule has 0 saturated heterocycles. The van der Waals surface area contributed by atoms with Crippen LogP contribution >= 0.6 is 0 Å². The molecule has 0 amide bonds. The average Bonchev–Trinajstić information content (AvgIpc) is 2.52. The van der Waals surface area contributed by atoms with Crippen LogP contribution in [0.2, 0.25) is 0 Å². The van der Waals surface area contributed by atoms with E-state index in [-0.39, 0.29) is 11.7 Å². The first kappa shape index (κ1) is 13.4. The van der Waals surface area contributed by atoms with Gasteiger partial charge in [0.25, 0.3) is 0 Å². The lowest BCUT2D eigenvalue weighted by Gasteiger charge is -2.39. The van der Waals surface area contributed by atoms with Crippen molar-refractivity contribution in [2.75, 3.05) is 11.9 Å². The predicted molar refractivity (Wildman–Crippen MR) is 78.4 cm³/mol. The van der Waals surface area contributed by atoms with Gasteiger partial charge in [0.1, 0.15) is 11.6 Å². The zero-order valence-electron chi connectivity index (χ0n) is 11.6. The van der Waals surface area contributed by atoms with Gasteiger partial charge in [0.15, 0.2) is 5.54 Å². The van der Waals surface area contributed by atoms with Gasteiger partial charge in [-0.05, 0) is 18.2 Å². The highest BCUT2D eigenvalue weighted by Crippen LogP contribution is 2.42. The van der Waals surface area contributed by atoms with Gasteiger partial charge in [-0.15, -0.1) is 0 Å². The van der Waals surface area contributed by atoms with E-state index >= 15 is 0 Å². The minimum Gasteiger partial charge on any atom is -0.493 e. The number of fused-ring (bicyclic) bond motifs is 1. The second kappa shape index (κ2) is 5.10. The summed E-state index contributed by atoms with van der Waals surface area (Å²) in [6.07, 6.45) is 0. The largest absolute Gasteiger partial charge is 0.493 e. The number of anilines is 1. The Bertz CT molecular complexity index is 710. The van der Waals surface area contributed by atoms with Crippen molar-refractivity contribution in [3.8, 4) is 11.8 Å². The summed E-state index contributed by atoms with van der Waals surface area (Å²) in [6.45, 7) is 2.33. The van der Waals surface area contributed by atoms with E-state index in [1.165, 1.54) is 6.07 Å². The second-order valence-corrected chi connectivity index (χ2v) is 5.23. The molecule has 1 aliphatic heterocycles. The molecule has 2 aromatic rings. The van der Waals surface area contributed by atoms with E-state index in [2.05, 4.69) is 11.4 Å². The Balaban J connectivity index is 2.12. The summed E-state index contributed by atoms with van der Waals surface area (Å²) in [6, 6.07) is 16.1. The van der Waals surface area contributed by atoms with Gasteiger partial charge >= 0.3 is 0 Å². The Morgan fingerprint density at radius 2 is 1.95 bits per heavy atom. The molecule has 1 aliphatic rings. The van der Waals surface area contributed by atoms with E-state index in [0.29, 0.717) is 18.0 Å². The number of para-hydroxylation sites is 2. The number of nitrogens with zero attached hydrogens (tertiary/aromatic N) is 1. The first-order valence-electron chi connectivity index (χ1n) is 6.83. The number of hydrogen-bond donors (Lipinski definition) is 1. The molecule has 2 unspecified atom stereocenters. The summed E-state index contributed by atoms with van der Waals surface area (Å²) in [7, 11) is 0. The molecule has 2 atom stereocenters. The predicted octanol–water partition coefficient (Wildman–Crippen LogP) is 3.69. The number of hydrogen-bond acceptors (Lipinski definition) is 3. The van der Waals surface area contributed by atoms with Crippen molar-refractivity contribution in [2.45, 2.75) is 12.5 Å². The molecular formula is C17H15FN2O. The lowest BCUT2D eigenvalue weighted by molar-refractivity contribution is 0.186. The van der Waals surface area contributed by atoms with Crippen LogP contribution < -0.4 is 10.1 Å². The van der Waals surface area contributed by atoms with Crippen LogP contribution in [-0.2, 0) is 5.54 Å². The van der Waals surface area contributed by atoms with Crippen molar-refractivity contribution in [1.29, 1.82) is 5.26 Å². The third-order valence-electron chi connectivity index (χ3n) is 3.92. The monoisotopic (exact) mass is 282 g/mol. The number of halogens is 1. The molecule has 4 heteroatoms. The quantitative estimate of drug-likeness (QED) is 0.913. The summed E-state index contributed by atoms with van der Waals surface area (Å²) in [5, 5.41) is 12.9. The highest BCUT2D eigenvalue weighted by Gasteiger charge is 2.44. The molecule has 1 heterocycles. The van der Waals surface area contributed by atoms with E-state index in [1.807, 2.05) is 31.2 Å². The first-order valence-corrected chi connectivity index (χ1v) is 6.83. The molecule has 2 aromatic carbocycles. The second-order valence-electron chi connectivity index (χ2n) is 5.23. The molecule has 106 valence electrons. The summed E-state index contributed by atoms with van der Waals surface area (Å²) >= 11 is 0. The van der Waals surface area contributed by atoms with Crippen LogP contribution in [0.5, 0.6) is 5.75 Å². The fraction of sp³-hybridized carbons (Fsp3) is 0.235. The van der Waals surface area contributed by atoms with Crippen LogP contribution in [-0.4, -0.2) is 6.61 Å². The number of rotatable bonds is 2. The zero-order chi connectivity index (χ0) is 14.9. The van der Waals surface area contributed by atoms with Gasteiger partial charge in [-0.1, -0.05) is 37.3 Å². The van der Waals surface area contributed by atoms with Crippen molar-refractivity contribution >= 4 is 5.69 Å². The van der Waals surface area contributed by atoms with Crippen molar-refractivity contribution in [3.63, 3.8) is 0 Å². The zero-order valence-corrected chi connectivity index (χ0v) is 11.6. The van der Waals surface area contributed by atoms with Crippen molar-refractivity contribution < 1.29 is 9.13 Å². The van der Waals surface area contributed by atoms with E-state index in [0.717, 1.165) is 5.56 Å². The third-order valence-corrected chi connectivity index (χ3v) is 3.92. The normalized spacial score (nSPS) is 23.6. The third kappa shape index (κ3) is 2.11. The van der Waals surface area contributed by atoms with Crippen molar-refractivity contribution in [2.24, 2.45) is 5.92 Å². The molecule has 0 fully saturated rings. The van der Waals surface area contributed by atoms with Crippen LogP contribution in [0.4, 0.5) is 10.1 Å². The summed E-state index contributed by atoms with van der Waals surface area (Å²) in [5.41, 5.74) is 0.0638. The van der Waals surface area contributed by atoms with Crippen LogP contribution in [0.3, 0.4) is 0 Å². The van der Waals surface area contributed by atoms with Gasteiger partial charge in [-0.25, -0.2) is 4.39 Å². The first-order chi connectivity index (χ1) is 10.2. The van der Waals surface area contributed by atoms with Crippen molar-refractivity contribution in [3.05, 3.63) is 59.9 Å². The van der Waals surface area contributed by atoms with Gasteiger partial charge < -0.3 is 10.1 Å². The van der Waals surface area contributed by atoms with Gasteiger partial charge in [0, 0.05) is 11.5 Å². The minimum absolute atomic E-state index is 0.114. The molecule has 3 nitrogen and oxygen atoms in total. The van der Waals surface area contributed by atoms with E-state index in [4.69, 9.17) is 4.74 Å². The van der Waals surface area contributed by atoms with E-state index in [9.17, 15) is 9.65 Å². The Morgan fingerprint density at radius 1 is 1.24 bits per heavy atom. The topological polar surface area (TPSA) is 45.0 Å². The molecule has 0 radical (unpaired) electrons. The van der Waals surface area contributed by atoms with Crippen LogP contribution in [0.25, 0.3) is 0 Å². The minimum atomic E-state index is -1.00. The highest BCUT2D eigenvalue weighted by atomic mass is 19.1. The Hall–Kier alpha value is -2.54. The highest BCUT2D eigenvalue weighted by molar-refractivity contribution is 5.56. The Labute approximate surface area is 123 Å². The Kier molecular flexibility index (Phi) is 3.26. The maximum Gasteiger partial charge on any atom is 0.160 e. The maximum atomic E-state index is 14.0. The maximum absolute atomic E-state index is 14.0. The number of nitriles is 1. The van der Waals surface area contributed by atoms with E-state index in [1.54, 1.807) is 18.2 Å². The molecular weight excluding hydrogens is 267 g/mol. The molecule has 3 rings (SSSR count). The molecule has 0 aromatic heterocycles. The molecule has 1 N–H and O–H groups in total. The smallest absolute Gasteiger partial charge is 0.160 e. The van der Waals surface area contributed by atoms with Crippen LogP contribution in [0, 0.1) is 23.1 Å². The SMILES string of the molecule is CC1COc2ccccc2C1(C#N)Nc1ccccc1F. The van der Waals surface area contributed by atoms with Gasteiger partial charge in [0.05, 0.1) is 18.4 Å². The summed E-state index contributed by atoms with van der Waals surface area (Å²) < 4.78 is 19.6. The van der Waals surface area contributed by atoms with Gasteiger partial charge in [-0.2, -0.15) is 5.26 Å². The fourth-order valence-corrected chi connectivity index (χ4v) is 2.69. The number of ether oxygens (including phenoxy) is 1. The lowest BCUT2D eigenvalue weighted by Crippen LogP contribution is -2.46. The van der Waals surface area contributed by atoms with Gasteiger partial charge in [-0.3, -0.25) is 0 Å². The van der Waals surface area contributed by atoms with Crippen molar-refractivity contribution in [1.82, 2.24) is 0 Å². The average molecular weight is 282 g/mol. The molecule has 0 saturated carbocycles. The molecule has 0 spiro atoms. The van der Waals surface area contributed by atoms with Crippen LogP contribution in [0.15, 0.2) is 48.5 Å². The van der Waals surface area contributed by atoms with Gasteiger partial charge in [0.2, 0.25) is 0 Å². The Morgan fingerprint density at radius 3 is 2.71 bits per heavy atom. The molecule has 21 heavy (non-hydrogen) atoms. The number of benzene rings is 2.